The molecular weight excluding hydrogens is 348 g/mol. The summed E-state index contributed by atoms with van der Waals surface area (Å²) < 4.78 is 5.08. The van der Waals surface area contributed by atoms with E-state index in [0.29, 0.717) is 17.2 Å². The molecule has 0 saturated heterocycles. The number of halogens is 1. The van der Waals surface area contributed by atoms with Crippen LogP contribution in [0.3, 0.4) is 0 Å². The molecule has 0 aromatic heterocycles. The molecule has 1 rings (SSSR count). The zero-order chi connectivity index (χ0) is 19.0. The molecule has 1 aromatic rings. The SMILES string of the molecule is COc1ccc(CCC(=O)N(CCNC(C)=O)C(C)C(=O)O)cc1Cl. The number of nitrogens with one attached hydrogen (secondary N) is 1. The van der Waals surface area contributed by atoms with E-state index in [9.17, 15) is 19.5 Å². The Morgan fingerprint density at radius 3 is 2.56 bits per heavy atom. The lowest BCUT2D eigenvalue weighted by Gasteiger charge is -2.26. The highest BCUT2D eigenvalue weighted by molar-refractivity contribution is 6.32. The van der Waals surface area contributed by atoms with Gasteiger partial charge in [0.15, 0.2) is 0 Å². The summed E-state index contributed by atoms with van der Waals surface area (Å²) in [6, 6.07) is 4.27. The summed E-state index contributed by atoms with van der Waals surface area (Å²) in [5.41, 5.74) is 0.851. The van der Waals surface area contributed by atoms with E-state index in [0.717, 1.165) is 5.56 Å². The highest BCUT2D eigenvalue weighted by Gasteiger charge is 2.24. The number of amides is 2. The Balaban J connectivity index is 2.71. The van der Waals surface area contributed by atoms with E-state index >= 15 is 0 Å². The molecule has 8 heteroatoms. The minimum atomic E-state index is -1.09. The van der Waals surface area contributed by atoms with Crippen LogP contribution in [0.1, 0.15) is 25.8 Å². The Kier molecular flexibility index (Phi) is 8.21. The topological polar surface area (TPSA) is 95.9 Å². The molecule has 1 aromatic carbocycles. The van der Waals surface area contributed by atoms with Gasteiger partial charge in [0.1, 0.15) is 11.8 Å². The standard InChI is InChI=1S/C17H23ClN2O5/c1-11(17(23)24)20(9-8-19-12(2)21)16(22)7-5-13-4-6-15(25-3)14(18)10-13/h4,6,10-11H,5,7-9H2,1-3H3,(H,19,21)(H,23,24). The van der Waals surface area contributed by atoms with E-state index in [1.807, 2.05) is 0 Å². The molecular formula is C17H23ClN2O5. The van der Waals surface area contributed by atoms with Crippen molar-refractivity contribution in [1.29, 1.82) is 0 Å². The molecule has 1 atom stereocenters. The van der Waals surface area contributed by atoms with Crippen LogP contribution in [-0.4, -0.2) is 54.0 Å². The van der Waals surface area contributed by atoms with Crippen LogP contribution in [0.5, 0.6) is 5.75 Å². The van der Waals surface area contributed by atoms with Gasteiger partial charge in [0, 0.05) is 26.4 Å². The Morgan fingerprint density at radius 2 is 2.04 bits per heavy atom. The number of carboxylic acids is 1. The van der Waals surface area contributed by atoms with Crippen LogP contribution >= 0.6 is 11.6 Å². The number of carbonyl (C=O) groups excluding carboxylic acids is 2. The first-order valence-electron chi connectivity index (χ1n) is 7.85. The number of nitrogens with zero attached hydrogens (tertiary/aromatic N) is 1. The number of benzene rings is 1. The number of ether oxygens (including phenoxy) is 1. The number of hydrogen-bond acceptors (Lipinski definition) is 4. The molecule has 0 bridgehead atoms. The van der Waals surface area contributed by atoms with E-state index < -0.39 is 12.0 Å². The monoisotopic (exact) mass is 370 g/mol. The van der Waals surface area contributed by atoms with Gasteiger partial charge in [0.25, 0.3) is 0 Å². The van der Waals surface area contributed by atoms with Gasteiger partial charge in [0.05, 0.1) is 12.1 Å². The van der Waals surface area contributed by atoms with E-state index in [1.54, 1.807) is 18.2 Å². The van der Waals surface area contributed by atoms with Crippen LogP contribution in [0, 0.1) is 0 Å². The summed E-state index contributed by atoms with van der Waals surface area (Å²) in [7, 11) is 1.52. The van der Waals surface area contributed by atoms with Crippen molar-refractivity contribution in [3.63, 3.8) is 0 Å². The third kappa shape index (κ3) is 6.62. The lowest BCUT2D eigenvalue weighted by atomic mass is 10.1. The lowest BCUT2D eigenvalue weighted by molar-refractivity contribution is -0.149. The number of rotatable bonds is 9. The van der Waals surface area contributed by atoms with Gasteiger partial charge < -0.3 is 20.1 Å². The molecule has 1 unspecified atom stereocenters. The average molecular weight is 371 g/mol. The van der Waals surface area contributed by atoms with Gasteiger partial charge in [-0.2, -0.15) is 0 Å². The molecule has 138 valence electrons. The van der Waals surface area contributed by atoms with Gasteiger partial charge in [0.2, 0.25) is 11.8 Å². The van der Waals surface area contributed by atoms with Gasteiger partial charge in [-0.1, -0.05) is 17.7 Å². The molecule has 0 aliphatic carbocycles. The largest absolute Gasteiger partial charge is 0.495 e. The fourth-order valence-electron chi connectivity index (χ4n) is 2.28. The van der Waals surface area contributed by atoms with Crippen LogP contribution < -0.4 is 10.1 Å². The zero-order valence-corrected chi connectivity index (χ0v) is 15.3. The van der Waals surface area contributed by atoms with Crippen LogP contribution in [-0.2, 0) is 20.8 Å². The summed E-state index contributed by atoms with van der Waals surface area (Å²) in [5.74, 6) is -1.08. The third-order valence-corrected chi connectivity index (χ3v) is 4.01. The van der Waals surface area contributed by atoms with E-state index in [4.69, 9.17) is 16.3 Å². The van der Waals surface area contributed by atoms with E-state index in [-0.39, 0.29) is 31.3 Å². The van der Waals surface area contributed by atoms with Crippen LogP contribution in [0.2, 0.25) is 5.02 Å². The fraction of sp³-hybridized carbons (Fsp3) is 0.471. The lowest BCUT2D eigenvalue weighted by Crippen LogP contribution is -2.46. The van der Waals surface area contributed by atoms with E-state index in [1.165, 1.54) is 25.9 Å². The summed E-state index contributed by atoms with van der Waals surface area (Å²) in [4.78, 5) is 35.9. The van der Waals surface area contributed by atoms with Crippen molar-refractivity contribution in [2.24, 2.45) is 0 Å². The first kappa shape index (κ1) is 20.8. The van der Waals surface area contributed by atoms with E-state index in [2.05, 4.69) is 5.32 Å². The van der Waals surface area contributed by atoms with Gasteiger partial charge in [-0.3, -0.25) is 9.59 Å². The first-order valence-corrected chi connectivity index (χ1v) is 8.23. The van der Waals surface area contributed by atoms with Crippen LogP contribution in [0.15, 0.2) is 18.2 Å². The molecule has 2 N–H and O–H groups in total. The Bertz CT molecular complexity index is 635. The zero-order valence-electron chi connectivity index (χ0n) is 14.5. The number of aliphatic carboxylic acids is 1. The predicted octanol–water partition coefficient (Wildman–Crippen LogP) is 1.72. The normalized spacial score (nSPS) is 11.5. The molecule has 25 heavy (non-hydrogen) atoms. The van der Waals surface area contributed by atoms with Crippen molar-refractivity contribution in [2.45, 2.75) is 32.7 Å². The molecule has 0 spiro atoms. The van der Waals surface area contributed by atoms with Gasteiger partial charge >= 0.3 is 5.97 Å². The molecule has 0 aliphatic rings. The van der Waals surface area contributed by atoms with Gasteiger partial charge in [-0.25, -0.2) is 4.79 Å². The van der Waals surface area contributed by atoms with Crippen LogP contribution in [0.25, 0.3) is 0 Å². The quantitative estimate of drug-likeness (QED) is 0.690. The number of aryl methyl sites for hydroxylation is 1. The summed E-state index contributed by atoms with van der Waals surface area (Å²) >= 11 is 6.06. The van der Waals surface area contributed by atoms with Crippen molar-refractivity contribution in [3.8, 4) is 5.75 Å². The van der Waals surface area contributed by atoms with Gasteiger partial charge in [-0.15, -0.1) is 0 Å². The van der Waals surface area contributed by atoms with Gasteiger partial charge in [-0.05, 0) is 31.0 Å². The maximum absolute atomic E-state index is 12.4. The van der Waals surface area contributed by atoms with Crippen molar-refractivity contribution in [3.05, 3.63) is 28.8 Å². The summed E-state index contributed by atoms with van der Waals surface area (Å²) in [6.45, 7) is 3.14. The fourth-order valence-corrected chi connectivity index (χ4v) is 2.56. The van der Waals surface area contributed by atoms with Crippen molar-refractivity contribution in [2.75, 3.05) is 20.2 Å². The van der Waals surface area contributed by atoms with Crippen molar-refractivity contribution < 1.29 is 24.2 Å². The third-order valence-electron chi connectivity index (χ3n) is 3.72. The summed E-state index contributed by atoms with van der Waals surface area (Å²) in [6.07, 6.45) is 0.561. The Labute approximate surface area is 151 Å². The maximum Gasteiger partial charge on any atom is 0.326 e. The summed E-state index contributed by atoms with van der Waals surface area (Å²) in [5, 5.41) is 12.2. The number of methoxy groups -OCH3 is 1. The number of carbonyl (C=O) groups is 3. The highest BCUT2D eigenvalue weighted by Crippen LogP contribution is 2.25. The number of hydrogen-bond donors (Lipinski definition) is 2. The Morgan fingerprint density at radius 1 is 1.36 bits per heavy atom. The molecule has 2 amide bonds. The Hall–Kier alpha value is -2.28. The molecule has 0 saturated carbocycles. The molecule has 0 aliphatic heterocycles. The highest BCUT2D eigenvalue weighted by atomic mass is 35.5. The van der Waals surface area contributed by atoms with Crippen molar-refractivity contribution >= 4 is 29.4 Å². The second-order valence-corrected chi connectivity index (χ2v) is 5.96. The predicted molar refractivity (Wildman–Crippen MR) is 93.8 cm³/mol. The van der Waals surface area contributed by atoms with Crippen molar-refractivity contribution in [1.82, 2.24) is 10.2 Å². The number of carboxylic acid groups (broad SMARTS) is 1. The molecule has 0 radical (unpaired) electrons. The second-order valence-electron chi connectivity index (χ2n) is 5.55. The molecule has 0 fully saturated rings. The maximum atomic E-state index is 12.4. The molecule has 7 nitrogen and oxygen atoms in total. The average Bonchev–Trinajstić information content (AvgIpc) is 2.55. The minimum Gasteiger partial charge on any atom is -0.495 e. The van der Waals surface area contributed by atoms with Crippen LogP contribution in [0.4, 0.5) is 0 Å². The second kappa shape index (κ2) is 9.88. The smallest absolute Gasteiger partial charge is 0.326 e. The first-order chi connectivity index (χ1) is 11.8. The molecule has 0 heterocycles. The minimum absolute atomic E-state index is 0.134.